The van der Waals surface area contributed by atoms with Gasteiger partial charge in [-0.15, -0.1) is 0 Å². The molecule has 0 atom stereocenters. The highest BCUT2D eigenvalue weighted by atomic mass is 79.9. The molecular weight excluding hydrogens is 346 g/mol. The molecule has 0 aromatic heterocycles. The van der Waals surface area contributed by atoms with Crippen LogP contribution >= 0.6 is 27.5 Å². The highest BCUT2D eigenvalue weighted by molar-refractivity contribution is 9.10. The molecule has 4 nitrogen and oxygen atoms in total. The fraction of sp³-hybridized carbons (Fsp3) is 0.500. The zero-order valence-electron chi connectivity index (χ0n) is 10.9. The Labute approximate surface area is 131 Å². The third kappa shape index (κ3) is 2.60. The number of likely N-dealkylation sites (tertiary alicyclic amines) is 1. The lowest BCUT2D eigenvalue weighted by atomic mass is 10.0. The van der Waals surface area contributed by atoms with Gasteiger partial charge in [-0.25, -0.2) is 0 Å². The van der Waals surface area contributed by atoms with E-state index in [2.05, 4.69) is 15.9 Å². The Kier molecular flexibility index (Phi) is 4.04. The van der Waals surface area contributed by atoms with Gasteiger partial charge in [0.1, 0.15) is 0 Å². The fourth-order valence-corrected chi connectivity index (χ4v) is 3.31. The molecule has 0 radical (unpaired) electrons. The summed E-state index contributed by atoms with van der Waals surface area (Å²) in [5, 5.41) is 0.449. The van der Waals surface area contributed by atoms with Crippen molar-refractivity contribution in [3.05, 3.63) is 33.3 Å². The summed E-state index contributed by atoms with van der Waals surface area (Å²) < 4.78 is 12.1. The number of benzene rings is 1. The summed E-state index contributed by atoms with van der Waals surface area (Å²) in [6, 6.07) is 5.37. The molecule has 1 aromatic rings. The standard InChI is InChI=1S/C14H15BrClNO3/c15-11-4-1-3-10(12(11)16)13(18)17-6-2-5-14(9-17)19-7-8-20-14/h1,3-4H,2,5-9H2. The summed E-state index contributed by atoms with van der Waals surface area (Å²) in [7, 11) is 0. The van der Waals surface area contributed by atoms with E-state index >= 15 is 0 Å². The van der Waals surface area contributed by atoms with E-state index in [1.807, 2.05) is 12.1 Å². The fourth-order valence-electron chi connectivity index (χ4n) is 2.73. The first kappa shape index (κ1) is 14.3. The number of ether oxygens (including phenoxy) is 2. The molecule has 1 aromatic carbocycles. The average molecular weight is 361 g/mol. The molecule has 3 rings (SSSR count). The maximum atomic E-state index is 12.6. The van der Waals surface area contributed by atoms with E-state index in [1.165, 1.54) is 0 Å². The van der Waals surface area contributed by atoms with Crippen LogP contribution in [0.2, 0.25) is 5.02 Å². The topological polar surface area (TPSA) is 38.8 Å². The van der Waals surface area contributed by atoms with Crippen molar-refractivity contribution in [1.82, 2.24) is 4.90 Å². The molecule has 2 heterocycles. The molecule has 1 amide bonds. The average Bonchev–Trinajstić information content (AvgIpc) is 2.89. The van der Waals surface area contributed by atoms with Gasteiger partial charge in [0.25, 0.3) is 5.91 Å². The molecule has 0 N–H and O–H groups in total. The quantitative estimate of drug-likeness (QED) is 0.772. The van der Waals surface area contributed by atoms with Gasteiger partial charge in [-0.3, -0.25) is 4.79 Å². The Morgan fingerprint density at radius 2 is 2.10 bits per heavy atom. The van der Waals surface area contributed by atoms with Crippen LogP contribution in [0, 0.1) is 0 Å². The number of halogens is 2. The van der Waals surface area contributed by atoms with Crippen molar-refractivity contribution in [1.29, 1.82) is 0 Å². The number of hydrogen-bond donors (Lipinski definition) is 0. The number of rotatable bonds is 1. The van der Waals surface area contributed by atoms with Gasteiger partial charge in [0.15, 0.2) is 5.79 Å². The SMILES string of the molecule is O=C(c1cccc(Br)c1Cl)N1CCCC2(C1)OCCO2. The van der Waals surface area contributed by atoms with Gasteiger partial charge in [-0.1, -0.05) is 17.7 Å². The molecule has 1 spiro atoms. The third-order valence-corrected chi connectivity index (χ3v) is 5.00. The van der Waals surface area contributed by atoms with Crippen LogP contribution in [-0.4, -0.2) is 42.9 Å². The molecule has 2 saturated heterocycles. The predicted octanol–water partition coefficient (Wildman–Crippen LogP) is 3.08. The summed E-state index contributed by atoms with van der Waals surface area (Å²) in [6.07, 6.45) is 1.71. The molecule has 0 bridgehead atoms. The van der Waals surface area contributed by atoms with E-state index in [0.29, 0.717) is 36.9 Å². The van der Waals surface area contributed by atoms with Crippen molar-refractivity contribution in [3.8, 4) is 0 Å². The molecule has 108 valence electrons. The Hall–Kier alpha value is -0.620. The van der Waals surface area contributed by atoms with Crippen LogP contribution in [0.1, 0.15) is 23.2 Å². The van der Waals surface area contributed by atoms with Crippen molar-refractivity contribution in [2.45, 2.75) is 18.6 Å². The molecule has 6 heteroatoms. The first-order valence-electron chi connectivity index (χ1n) is 6.62. The molecule has 20 heavy (non-hydrogen) atoms. The molecule has 2 fully saturated rings. The van der Waals surface area contributed by atoms with Gasteiger partial charge in [0, 0.05) is 17.4 Å². The predicted molar refractivity (Wildman–Crippen MR) is 78.9 cm³/mol. The molecule has 2 aliphatic rings. The zero-order chi connectivity index (χ0) is 14.2. The van der Waals surface area contributed by atoms with Crippen molar-refractivity contribution in [3.63, 3.8) is 0 Å². The Balaban J connectivity index is 1.81. The Morgan fingerprint density at radius 1 is 1.35 bits per heavy atom. The minimum absolute atomic E-state index is 0.0746. The highest BCUT2D eigenvalue weighted by Gasteiger charge is 2.42. The minimum atomic E-state index is -0.605. The van der Waals surface area contributed by atoms with Crippen LogP contribution in [0.5, 0.6) is 0 Å². The number of carbonyl (C=O) groups is 1. The number of nitrogens with zero attached hydrogens (tertiary/aromatic N) is 1. The number of carbonyl (C=O) groups excluding carboxylic acids is 1. The lowest BCUT2D eigenvalue weighted by molar-refractivity contribution is -0.183. The van der Waals surface area contributed by atoms with Gasteiger partial charge in [-0.2, -0.15) is 0 Å². The van der Waals surface area contributed by atoms with E-state index in [9.17, 15) is 4.79 Å². The summed E-state index contributed by atoms with van der Waals surface area (Å²) in [4.78, 5) is 14.4. The van der Waals surface area contributed by atoms with Crippen LogP contribution in [0.4, 0.5) is 0 Å². The lowest BCUT2D eigenvalue weighted by Gasteiger charge is -2.38. The normalized spacial score (nSPS) is 21.4. The maximum absolute atomic E-state index is 12.6. The number of hydrogen-bond acceptors (Lipinski definition) is 3. The van der Waals surface area contributed by atoms with Gasteiger partial charge in [0.05, 0.1) is 30.3 Å². The van der Waals surface area contributed by atoms with Gasteiger partial charge < -0.3 is 14.4 Å². The molecule has 2 aliphatic heterocycles. The van der Waals surface area contributed by atoms with E-state index in [4.69, 9.17) is 21.1 Å². The van der Waals surface area contributed by atoms with Gasteiger partial charge in [0.2, 0.25) is 0 Å². The smallest absolute Gasteiger partial charge is 0.255 e. The van der Waals surface area contributed by atoms with E-state index in [1.54, 1.807) is 11.0 Å². The van der Waals surface area contributed by atoms with Crippen molar-refractivity contribution < 1.29 is 14.3 Å². The summed E-state index contributed by atoms with van der Waals surface area (Å²) in [6.45, 7) is 2.37. The van der Waals surface area contributed by atoms with Gasteiger partial charge in [-0.05, 0) is 34.5 Å². The first-order chi connectivity index (χ1) is 9.61. The maximum Gasteiger partial charge on any atom is 0.255 e. The molecule has 0 unspecified atom stereocenters. The van der Waals surface area contributed by atoms with E-state index < -0.39 is 5.79 Å². The second-order valence-corrected chi connectivity index (χ2v) is 6.27. The second-order valence-electron chi connectivity index (χ2n) is 5.04. The summed E-state index contributed by atoms with van der Waals surface area (Å²) in [5.41, 5.74) is 0.510. The first-order valence-corrected chi connectivity index (χ1v) is 7.80. The Bertz CT molecular complexity index is 531. The monoisotopic (exact) mass is 359 g/mol. The van der Waals surface area contributed by atoms with Crippen LogP contribution in [-0.2, 0) is 9.47 Å². The van der Waals surface area contributed by atoms with Crippen LogP contribution in [0.3, 0.4) is 0 Å². The van der Waals surface area contributed by atoms with Crippen LogP contribution in [0.25, 0.3) is 0 Å². The van der Waals surface area contributed by atoms with Crippen molar-refractivity contribution >= 4 is 33.4 Å². The minimum Gasteiger partial charge on any atom is -0.346 e. The van der Waals surface area contributed by atoms with Crippen LogP contribution < -0.4 is 0 Å². The Morgan fingerprint density at radius 3 is 2.85 bits per heavy atom. The van der Waals surface area contributed by atoms with Crippen molar-refractivity contribution in [2.24, 2.45) is 0 Å². The highest BCUT2D eigenvalue weighted by Crippen LogP contribution is 2.32. The number of amides is 1. The summed E-state index contributed by atoms with van der Waals surface area (Å²) in [5.74, 6) is -0.679. The molecule has 0 saturated carbocycles. The second kappa shape index (κ2) is 5.64. The lowest BCUT2D eigenvalue weighted by Crippen LogP contribution is -2.51. The zero-order valence-corrected chi connectivity index (χ0v) is 13.2. The van der Waals surface area contributed by atoms with E-state index in [0.717, 1.165) is 17.3 Å². The number of piperidine rings is 1. The molecule has 0 aliphatic carbocycles. The summed E-state index contributed by atoms with van der Waals surface area (Å²) >= 11 is 9.55. The third-order valence-electron chi connectivity index (χ3n) is 3.70. The van der Waals surface area contributed by atoms with Gasteiger partial charge >= 0.3 is 0 Å². The largest absolute Gasteiger partial charge is 0.346 e. The van der Waals surface area contributed by atoms with E-state index in [-0.39, 0.29) is 5.91 Å². The molecular formula is C14H15BrClNO3. The van der Waals surface area contributed by atoms with Crippen LogP contribution in [0.15, 0.2) is 22.7 Å². The van der Waals surface area contributed by atoms with Crippen molar-refractivity contribution in [2.75, 3.05) is 26.3 Å².